The first-order valence-electron chi connectivity index (χ1n) is 33.6. The number of aryl methyl sites for hydroxylation is 2. The van der Waals surface area contributed by atoms with Crippen molar-refractivity contribution in [2.24, 2.45) is 35.2 Å². The van der Waals surface area contributed by atoms with E-state index in [-0.39, 0.29) is 71.8 Å². The van der Waals surface area contributed by atoms with Crippen LogP contribution in [0.1, 0.15) is 63.1 Å². The first kappa shape index (κ1) is 88.5. The van der Waals surface area contributed by atoms with Crippen LogP contribution < -0.4 is 52.9 Å². The molecule has 104 heavy (non-hydrogen) atoms. The van der Waals surface area contributed by atoms with E-state index in [1.54, 1.807) is 107 Å². The van der Waals surface area contributed by atoms with Crippen molar-refractivity contribution in [1.82, 2.24) is 77.1 Å². The van der Waals surface area contributed by atoms with E-state index in [2.05, 4.69) is 101 Å². The number of anilines is 5. The molecule has 0 aliphatic carbocycles. The average molecular weight is 1530 g/mol. The number of H-pyrrole nitrogens is 1. The average Bonchev–Trinajstić information content (AvgIpc) is 1.66. The number of ether oxygens (including phenoxy) is 1. The number of aliphatic hydroxyl groups excluding tert-OH is 1. The Kier molecular flexibility index (Phi) is 32.7. The summed E-state index contributed by atoms with van der Waals surface area (Å²) >= 11 is 0. The highest BCUT2D eigenvalue weighted by atomic mass is 35.5. The highest BCUT2D eigenvalue weighted by molar-refractivity contribution is 7.86. The number of benzene rings is 2. The van der Waals surface area contributed by atoms with Gasteiger partial charge in [-0.1, -0.05) is 68.3 Å². The minimum atomic E-state index is -4.05. The van der Waals surface area contributed by atoms with Gasteiger partial charge in [-0.15, -0.1) is 37.9 Å². The molecule has 7 heterocycles. The quantitative estimate of drug-likeness (QED) is 0.0443. The third kappa shape index (κ3) is 24.1. The molecular weight excluding hydrogens is 1420 g/mol. The zero-order valence-electron chi connectivity index (χ0n) is 64.2. The number of rotatable bonds is 26. The number of nitrogens with one attached hydrogen (secondary N) is 1. The summed E-state index contributed by atoms with van der Waals surface area (Å²) < 4.78 is 108. The van der Waals surface area contributed by atoms with Gasteiger partial charge >= 0.3 is 28.4 Å². The van der Waals surface area contributed by atoms with Crippen LogP contribution in [0.15, 0.2) is 77.4 Å². The Morgan fingerprint density at radius 1 is 0.567 bits per heavy atom. The fourth-order valence-electron chi connectivity index (χ4n) is 11.0. The second-order valence-corrected chi connectivity index (χ2v) is 34.7. The molecule has 32 nitrogen and oxygen atoms in total. The van der Waals surface area contributed by atoms with E-state index < -0.39 is 74.3 Å². The van der Waals surface area contributed by atoms with Crippen molar-refractivity contribution in [3.8, 4) is 0 Å². The first-order chi connectivity index (χ1) is 47.9. The topological polar surface area (TPSA) is 311 Å². The molecule has 2 aromatic carbocycles. The molecule has 6 unspecified atom stereocenters. The Bertz CT molecular complexity index is 4260. The van der Waals surface area contributed by atoms with Crippen molar-refractivity contribution < 1.29 is 44.4 Å². The van der Waals surface area contributed by atoms with Crippen molar-refractivity contribution in [3.05, 3.63) is 118 Å². The van der Waals surface area contributed by atoms with Crippen LogP contribution in [0.4, 0.5) is 47.3 Å². The summed E-state index contributed by atoms with van der Waals surface area (Å²) in [6.45, 7) is 13.4. The highest BCUT2D eigenvalue weighted by Crippen LogP contribution is 2.38. The minimum absolute atomic E-state index is 0. The van der Waals surface area contributed by atoms with Crippen molar-refractivity contribution in [1.29, 1.82) is 0 Å². The Morgan fingerprint density at radius 2 is 0.962 bits per heavy atom. The first-order valence-corrected chi connectivity index (χ1v) is 37.9. The van der Waals surface area contributed by atoms with Crippen LogP contribution in [-0.2, 0) is 91.5 Å². The number of piperidine rings is 1. The number of hydrogen-bond acceptors (Lipinski definition) is 22. The SMILES string of the molecule is CN(C)c1n[nH]c(=O)n1C.CN(C)c1nn(CC(F)CO)c(=O)n1C.CN(C)c1nn(CC(F)CO[Si](C)(C)C(C)(C)C)c(=O)n1C.Cc1ccc(S(=O)(=O)OCC(F)Cn2nc(N(C)C)n(C)c2=O)cc1.Cc1cccc(COC2CC3CCC(C2)N3CC(F)Cn2nc(N(C)C)n(C)c2=O)c1.Cl. The molecule has 2 fully saturated rings. The van der Waals surface area contributed by atoms with E-state index >= 15 is 0 Å². The van der Waals surface area contributed by atoms with Gasteiger partial charge in [0.05, 0.1) is 63.6 Å². The summed E-state index contributed by atoms with van der Waals surface area (Å²) in [5.74, 6) is 2.48. The number of aromatic nitrogens is 15. The molecule has 5 aromatic heterocycles. The molecule has 39 heteroatoms. The van der Waals surface area contributed by atoms with Crippen LogP contribution in [-0.4, -0.2) is 239 Å². The van der Waals surface area contributed by atoms with E-state index in [0.717, 1.165) is 45.3 Å². The molecule has 2 aliphatic heterocycles. The molecule has 7 aromatic rings. The number of nitrogens with zero attached hydrogens (tertiary/aromatic N) is 20. The molecule has 6 atom stereocenters. The lowest BCUT2D eigenvalue weighted by atomic mass is 9.99. The third-order valence-corrected chi connectivity index (χ3v) is 23.4. The van der Waals surface area contributed by atoms with Gasteiger partial charge in [0.1, 0.15) is 24.7 Å². The van der Waals surface area contributed by atoms with Crippen LogP contribution >= 0.6 is 12.4 Å². The van der Waals surface area contributed by atoms with E-state index in [4.69, 9.17) is 18.5 Å². The predicted octanol–water partition coefficient (Wildman–Crippen LogP) is 3.79. The second kappa shape index (κ2) is 38.4. The van der Waals surface area contributed by atoms with Gasteiger partial charge in [0, 0.05) is 124 Å². The van der Waals surface area contributed by atoms with E-state index in [0.29, 0.717) is 55.0 Å². The molecule has 2 bridgehead atoms. The van der Waals surface area contributed by atoms with Gasteiger partial charge < -0.3 is 38.8 Å². The number of fused-ring (bicyclic) bond motifs is 2. The molecule has 2 aliphatic rings. The largest absolute Gasteiger partial charge is 0.414 e. The summed E-state index contributed by atoms with van der Waals surface area (Å²) in [5.41, 5.74) is 1.67. The second-order valence-electron chi connectivity index (χ2n) is 28.3. The van der Waals surface area contributed by atoms with Crippen LogP contribution in [0, 0.1) is 13.8 Å². The molecule has 2 saturated heterocycles. The zero-order chi connectivity index (χ0) is 77.5. The fourth-order valence-corrected chi connectivity index (χ4v) is 13.0. The molecular formula is C65H110ClF4N21O11SSi. The third-order valence-electron chi connectivity index (χ3n) is 17.6. The Balaban J connectivity index is 0.000000286. The molecule has 9 rings (SSSR count). The van der Waals surface area contributed by atoms with Crippen LogP contribution in [0.25, 0.3) is 0 Å². The smallest absolute Gasteiger partial charge is 0.347 e. The summed E-state index contributed by atoms with van der Waals surface area (Å²) in [5, 5.41) is 31.1. The molecule has 0 radical (unpaired) electrons. The maximum Gasteiger partial charge on any atom is 0.347 e. The van der Waals surface area contributed by atoms with Gasteiger partial charge in [-0.25, -0.2) is 65.4 Å². The van der Waals surface area contributed by atoms with Crippen LogP contribution in [0.2, 0.25) is 18.1 Å². The van der Waals surface area contributed by atoms with E-state index in [1.165, 1.54) is 57.8 Å². The van der Waals surface area contributed by atoms with Crippen LogP contribution in [0.5, 0.6) is 0 Å². The molecule has 0 saturated carbocycles. The molecule has 0 spiro atoms. The minimum Gasteiger partial charge on any atom is -0.414 e. The monoisotopic (exact) mass is 1530 g/mol. The number of alkyl halides is 4. The fraction of sp³-hybridized carbons (Fsp3) is 0.662. The van der Waals surface area contributed by atoms with Crippen LogP contribution in [0.3, 0.4) is 0 Å². The van der Waals surface area contributed by atoms with Gasteiger partial charge in [-0.2, -0.15) is 8.42 Å². The Labute approximate surface area is 612 Å². The summed E-state index contributed by atoms with van der Waals surface area (Å²) in [7, 11) is 19.8. The predicted molar refractivity (Wildman–Crippen MR) is 399 cm³/mol. The van der Waals surface area contributed by atoms with Crippen molar-refractivity contribution in [2.75, 3.05) is 121 Å². The van der Waals surface area contributed by atoms with Gasteiger partial charge in [-0.05, 0) is 75.4 Å². The summed E-state index contributed by atoms with van der Waals surface area (Å²) in [4.78, 5) is 69.4. The van der Waals surface area contributed by atoms with Gasteiger partial charge in [-0.3, -0.25) is 31.9 Å². The summed E-state index contributed by atoms with van der Waals surface area (Å²) in [6.07, 6.45) is -1.24. The summed E-state index contributed by atoms with van der Waals surface area (Å²) in [6, 6.07) is 15.2. The number of hydrogen-bond donors (Lipinski definition) is 2. The van der Waals surface area contributed by atoms with Crippen molar-refractivity contribution in [3.63, 3.8) is 0 Å². The van der Waals surface area contributed by atoms with E-state index in [9.17, 15) is 50.0 Å². The molecule has 2 N–H and O–H groups in total. The standard InChI is InChI=1S/C23H34FN5O2.C15H21FN4O4S.C14H29FN4O2Si.C8H15FN4O2.C5H10N4O.ClH/c1-16-6-5-7-17(10-16)15-31-21-11-19-8-9-20(12-21)28(19)13-18(24)14-29-23(30)27(4)22(25-29)26(2)3;1-11-5-7-13(8-6-11)25(22,23)24-10-12(16)9-20-15(21)19(4)14(17-20)18(2)3;1-14(2,3)22(7,8)21-10-11(15)9-19-13(20)18(6)12(16-19)17(4)5;1-11(2)7-10-13(4-6(9)5-14)8(15)12(7)3;1-8(2)4-6-7-5(10)9(4)3;/h5-7,10,18-21H,8-9,11-15H2,1-4H3;5-8,12H,9-10H2,1-4H3;11H,9-10H2,1-8H3;6,14H,4-5H2,1-3H3;1-3H3,(H,7,10);1H. The van der Waals surface area contributed by atoms with Gasteiger partial charge in [0.15, 0.2) is 8.32 Å². The lowest BCUT2D eigenvalue weighted by Crippen LogP contribution is -2.48. The lowest BCUT2D eigenvalue weighted by molar-refractivity contribution is -0.0342. The normalized spacial score (nSPS) is 16.2. The van der Waals surface area contributed by atoms with Gasteiger partial charge in [0.25, 0.3) is 10.1 Å². The maximum atomic E-state index is 15.0. The molecule has 586 valence electrons. The van der Waals surface area contributed by atoms with E-state index in [1.807, 2.05) is 35.1 Å². The Morgan fingerprint density at radius 3 is 1.31 bits per heavy atom. The Hall–Kier alpha value is -7.88. The molecule has 0 amide bonds. The van der Waals surface area contributed by atoms with Crippen molar-refractivity contribution in [2.45, 2.75) is 159 Å². The zero-order valence-corrected chi connectivity index (χ0v) is 66.8. The lowest BCUT2D eigenvalue weighted by Gasteiger charge is -2.39. The highest BCUT2D eigenvalue weighted by Gasteiger charge is 2.42. The number of halogens is 5. The number of aromatic amines is 1. The maximum absolute atomic E-state index is 15.0. The van der Waals surface area contributed by atoms with Crippen molar-refractivity contribution >= 4 is 60.6 Å². The van der Waals surface area contributed by atoms with Gasteiger partial charge in [0.2, 0.25) is 29.7 Å². The number of aliphatic hydroxyl groups is 1.